The summed E-state index contributed by atoms with van der Waals surface area (Å²) in [5, 5.41) is 8.71. The predicted molar refractivity (Wildman–Crippen MR) is 134 cm³/mol. The summed E-state index contributed by atoms with van der Waals surface area (Å²) in [4.78, 5) is 30.9. The first-order chi connectivity index (χ1) is 17.4. The zero-order valence-corrected chi connectivity index (χ0v) is 19.7. The van der Waals surface area contributed by atoms with E-state index >= 15 is 0 Å². The highest BCUT2D eigenvalue weighted by molar-refractivity contribution is 5.94. The van der Waals surface area contributed by atoms with E-state index in [0.29, 0.717) is 23.3 Å². The summed E-state index contributed by atoms with van der Waals surface area (Å²) in [5.74, 6) is 6.24. The summed E-state index contributed by atoms with van der Waals surface area (Å²) in [6.07, 6.45) is 8.70. The number of hydrogen-bond donors (Lipinski definition) is 2. The fourth-order valence-electron chi connectivity index (χ4n) is 3.45. The molecular formula is C25H23N9O2. The van der Waals surface area contributed by atoms with Gasteiger partial charge in [-0.05, 0) is 18.2 Å². The molecule has 0 radical (unpaired) electrons. The molecule has 4 heterocycles. The van der Waals surface area contributed by atoms with Crippen molar-refractivity contribution < 1.29 is 4.79 Å². The Bertz CT molecular complexity index is 1650. The number of primary amides is 1. The summed E-state index contributed by atoms with van der Waals surface area (Å²) >= 11 is 0. The first kappa shape index (κ1) is 23.9. The van der Waals surface area contributed by atoms with E-state index < -0.39 is 5.91 Å². The van der Waals surface area contributed by atoms with Crippen LogP contribution in [0.5, 0.6) is 0 Å². The van der Waals surface area contributed by atoms with Gasteiger partial charge in [-0.1, -0.05) is 37.0 Å². The minimum atomic E-state index is -0.661. The molecule has 11 heteroatoms. The van der Waals surface area contributed by atoms with Gasteiger partial charge in [0, 0.05) is 38.3 Å². The minimum absolute atomic E-state index is 0.0162. The second kappa shape index (κ2) is 10.4. The number of rotatable bonds is 3. The lowest BCUT2D eigenvalue weighted by molar-refractivity contribution is 0.0996. The summed E-state index contributed by atoms with van der Waals surface area (Å²) in [6.45, 7) is 1.99. The summed E-state index contributed by atoms with van der Waals surface area (Å²) < 4.78 is 4.97. The van der Waals surface area contributed by atoms with Crippen LogP contribution in [-0.2, 0) is 13.5 Å². The van der Waals surface area contributed by atoms with Gasteiger partial charge in [-0.3, -0.25) is 18.8 Å². The van der Waals surface area contributed by atoms with Gasteiger partial charge in [-0.2, -0.15) is 10.2 Å². The van der Waals surface area contributed by atoms with Crippen LogP contribution in [0.1, 0.15) is 34.4 Å². The predicted octanol–water partition coefficient (Wildman–Crippen LogP) is 1.34. The van der Waals surface area contributed by atoms with Crippen LogP contribution in [0.4, 0.5) is 5.82 Å². The van der Waals surface area contributed by atoms with Gasteiger partial charge in [-0.15, -0.1) is 0 Å². The zero-order chi connectivity index (χ0) is 25.7. The van der Waals surface area contributed by atoms with Crippen molar-refractivity contribution in [2.24, 2.45) is 12.8 Å². The molecule has 36 heavy (non-hydrogen) atoms. The van der Waals surface area contributed by atoms with Gasteiger partial charge in [0.1, 0.15) is 11.3 Å². The number of hydrogen-bond acceptors (Lipinski definition) is 7. The Labute approximate surface area is 206 Å². The fraction of sp³-hybridized carbons (Fsp3) is 0.120. The van der Waals surface area contributed by atoms with Crippen LogP contribution in [0.15, 0.2) is 72.2 Å². The molecule has 0 spiro atoms. The molecule has 0 atom stereocenters. The number of benzene rings is 1. The molecule has 0 aliphatic rings. The number of aryl methyl sites for hydroxylation is 2. The maximum absolute atomic E-state index is 13.2. The second-order valence-electron chi connectivity index (χ2n) is 7.58. The van der Waals surface area contributed by atoms with Crippen molar-refractivity contribution in [3.63, 3.8) is 0 Å². The minimum Gasteiger partial charge on any atom is -0.382 e. The number of nitrogens with zero attached hydrogens (tertiary/aromatic N) is 7. The Hall–Kier alpha value is -5.24. The topological polar surface area (TPSA) is 152 Å². The molecule has 1 aromatic carbocycles. The molecule has 0 aliphatic heterocycles. The molecule has 4 aromatic heterocycles. The van der Waals surface area contributed by atoms with Crippen LogP contribution in [0.2, 0.25) is 0 Å². The maximum atomic E-state index is 13.2. The molecule has 1 amide bonds. The largest absolute Gasteiger partial charge is 0.382 e. The average molecular weight is 482 g/mol. The molecule has 0 fully saturated rings. The average Bonchev–Trinajstić information content (AvgIpc) is 3.49. The van der Waals surface area contributed by atoms with Crippen LogP contribution >= 0.6 is 0 Å². The van der Waals surface area contributed by atoms with Gasteiger partial charge < -0.3 is 11.5 Å². The van der Waals surface area contributed by atoms with E-state index in [4.69, 9.17) is 11.5 Å². The number of para-hydroxylation sites is 1. The normalized spacial score (nSPS) is 10.3. The highest BCUT2D eigenvalue weighted by Crippen LogP contribution is 2.12. The number of aromatic nitrogens is 7. The number of fused-ring (bicyclic) bond motifs is 1. The summed E-state index contributed by atoms with van der Waals surface area (Å²) in [5.41, 5.74) is 12.8. The molecular weight excluding hydrogens is 458 g/mol. The molecule has 0 unspecified atom stereocenters. The van der Waals surface area contributed by atoms with Gasteiger partial charge >= 0.3 is 0 Å². The molecule has 0 saturated heterocycles. The molecule has 180 valence electrons. The standard InChI is InChI=1S/C20H17N5O.C5H6N4O/c1-3-18-22-24-12-11-16(10-9-15-13-21-23(2)14-15)19(24)20(26)25(18)17-7-5-4-6-8-17;6-4-3(5(7)10)8-1-2-9-4/h4-8,11-14H,3H2,1-2H3;1-2H,(H2,6,9)(H2,7,10). The van der Waals surface area contributed by atoms with Crippen LogP contribution in [0.25, 0.3) is 11.2 Å². The maximum Gasteiger partial charge on any atom is 0.283 e. The lowest BCUT2D eigenvalue weighted by atomic mass is 10.2. The van der Waals surface area contributed by atoms with Gasteiger partial charge in [-0.25, -0.2) is 14.5 Å². The molecule has 0 saturated carbocycles. The van der Waals surface area contributed by atoms with Crippen molar-refractivity contribution in [2.75, 3.05) is 5.73 Å². The first-order valence-corrected chi connectivity index (χ1v) is 10.9. The van der Waals surface area contributed by atoms with Crippen molar-refractivity contribution in [1.82, 2.24) is 33.9 Å². The quantitative estimate of drug-likeness (QED) is 0.369. The smallest absolute Gasteiger partial charge is 0.283 e. The lowest BCUT2D eigenvalue weighted by Gasteiger charge is -2.11. The van der Waals surface area contributed by atoms with E-state index in [9.17, 15) is 9.59 Å². The van der Waals surface area contributed by atoms with Gasteiger partial charge in [0.25, 0.3) is 11.5 Å². The van der Waals surface area contributed by atoms with Crippen molar-refractivity contribution in [3.8, 4) is 17.5 Å². The van der Waals surface area contributed by atoms with E-state index in [1.165, 1.54) is 12.4 Å². The third-order valence-corrected chi connectivity index (χ3v) is 5.09. The number of carbonyl (C=O) groups is 1. The van der Waals surface area contributed by atoms with Crippen LogP contribution in [-0.4, -0.2) is 39.8 Å². The highest BCUT2D eigenvalue weighted by Gasteiger charge is 2.14. The Morgan fingerprint density at radius 1 is 1.08 bits per heavy atom. The van der Waals surface area contributed by atoms with Gasteiger partial charge in [0.05, 0.1) is 23.0 Å². The number of amides is 1. The van der Waals surface area contributed by atoms with E-state index in [1.807, 2.05) is 56.6 Å². The van der Waals surface area contributed by atoms with Crippen molar-refractivity contribution >= 4 is 17.2 Å². The lowest BCUT2D eigenvalue weighted by Crippen LogP contribution is -2.26. The number of nitrogen functional groups attached to an aromatic ring is 1. The number of anilines is 1. The molecule has 4 N–H and O–H groups in total. The molecule has 5 aromatic rings. The van der Waals surface area contributed by atoms with Gasteiger partial charge in [0.15, 0.2) is 11.5 Å². The Kier molecular flexibility index (Phi) is 6.87. The van der Waals surface area contributed by atoms with Crippen LogP contribution in [0.3, 0.4) is 0 Å². The van der Waals surface area contributed by atoms with Gasteiger partial charge in [0.2, 0.25) is 0 Å². The molecule has 0 aliphatic carbocycles. The van der Waals surface area contributed by atoms with E-state index in [-0.39, 0.29) is 17.1 Å². The SMILES string of the molecule is CCc1nn2ccc(C#Cc3cnn(C)c3)c2c(=O)n1-c1ccccc1.NC(=O)c1nccnc1N. The zero-order valence-electron chi connectivity index (χ0n) is 19.7. The monoisotopic (exact) mass is 481 g/mol. The van der Waals surface area contributed by atoms with Crippen LogP contribution < -0.4 is 17.0 Å². The van der Waals surface area contributed by atoms with Crippen molar-refractivity contribution in [2.45, 2.75) is 13.3 Å². The van der Waals surface area contributed by atoms with Crippen molar-refractivity contribution in [1.29, 1.82) is 0 Å². The highest BCUT2D eigenvalue weighted by atomic mass is 16.1. The summed E-state index contributed by atoms with van der Waals surface area (Å²) in [6, 6.07) is 11.4. The second-order valence-corrected chi connectivity index (χ2v) is 7.58. The third-order valence-electron chi connectivity index (χ3n) is 5.09. The third kappa shape index (κ3) is 4.97. The van der Waals surface area contributed by atoms with E-state index in [1.54, 1.807) is 26.2 Å². The molecule has 0 bridgehead atoms. The Morgan fingerprint density at radius 2 is 1.83 bits per heavy atom. The number of nitrogens with two attached hydrogens (primary N) is 2. The first-order valence-electron chi connectivity index (χ1n) is 10.9. The molecule has 11 nitrogen and oxygen atoms in total. The van der Waals surface area contributed by atoms with Crippen molar-refractivity contribution in [3.05, 3.63) is 100 Å². The Balaban J connectivity index is 0.000000256. The van der Waals surface area contributed by atoms with E-state index in [2.05, 4.69) is 32.0 Å². The summed E-state index contributed by atoms with van der Waals surface area (Å²) in [7, 11) is 1.84. The van der Waals surface area contributed by atoms with E-state index in [0.717, 1.165) is 11.3 Å². The Morgan fingerprint density at radius 3 is 2.44 bits per heavy atom. The number of carbonyl (C=O) groups excluding carboxylic acids is 1. The fourth-order valence-corrected chi connectivity index (χ4v) is 3.45. The van der Waals surface area contributed by atoms with Crippen LogP contribution in [0, 0.1) is 11.8 Å². The molecule has 5 rings (SSSR count).